The van der Waals surface area contributed by atoms with Crippen LogP contribution in [0.5, 0.6) is 0 Å². The second-order valence-corrected chi connectivity index (χ2v) is 9.68. The van der Waals surface area contributed by atoms with E-state index in [2.05, 4.69) is 15.2 Å². The van der Waals surface area contributed by atoms with Gasteiger partial charge in [-0.25, -0.2) is 9.78 Å². The summed E-state index contributed by atoms with van der Waals surface area (Å²) in [5.74, 6) is -0.0784. The van der Waals surface area contributed by atoms with Crippen molar-refractivity contribution in [3.8, 4) is 0 Å². The van der Waals surface area contributed by atoms with Gasteiger partial charge in [-0.2, -0.15) is 0 Å². The first kappa shape index (κ1) is 26.9. The molecule has 37 heavy (non-hydrogen) atoms. The van der Waals surface area contributed by atoms with Crippen molar-refractivity contribution in [1.29, 1.82) is 0 Å². The van der Waals surface area contributed by atoms with Gasteiger partial charge in [0.25, 0.3) is 5.56 Å². The minimum atomic E-state index is -0.258. The predicted molar refractivity (Wildman–Crippen MR) is 145 cm³/mol. The molecule has 0 bridgehead atoms. The summed E-state index contributed by atoms with van der Waals surface area (Å²) in [6.07, 6.45) is 2.19. The summed E-state index contributed by atoms with van der Waals surface area (Å²) in [5.41, 5.74) is 2.11. The average Bonchev–Trinajstić information content (AvgIpc) is 2.91. The molecule has 3 aromatic rings. The number of anilines is 1. The second kappa shape index (κ2) is 12.4. The van der Waals surface area contributed by atoms with Crippen molar-refractivity contribution in [3.05, 3.63) is 68.7 Å². The molecule has 11 heteroatoms. The van der Waals surface area contributed by atoms with Gasteiger partial charge in [0.05, 0.1) is 40.4 Å². The average molecular weight is 546 g/mol. The van der Waals surface area contributed by atoms with Crippen LogP contribution < -0.4 is 15.8 Å². The van der Waals surface area contributed by atoms with E-state index in [1.807, 2.05) is 24.3 Å². The Hall–Kier alpha value is -3.14. The number of hydrogen-bond donors (Lipinski definition) is 1. The van der Waals surface area contributed by atoms with E-state index in [4.69, 9.17) is 27.9 Å². The van der Waals surface area contributed by atoms with Crippen LogP contribution in [0.2, 0.25) is 10.0 Å². The highest BCUT2D eigenvalue weighted by Gasteiger charge is 2.21. The summed E-state index contributed by atoms with van der Waals surface area (Å²) in [4.78, 5) is 46.3. The SMILES string of the molecule is COCCNC(=O)N1CCN(c2ccc3ncn(CC(=O)CCc4ccc(Cl)c(Cl)c4)c(=O)c3c2)CC1. The van der Waals surface area contributed by atoms with Crippen LogP contribution in [0.25, 0.3) is 10.9 Å². The molecule has 196 valence electrons. The predicted octanol–water partition coefficient (Wildman–Crippen LogP) is 3.38. The van der Waals surface area contributed by atoms with E-state index in [-0.39, 0.29) is 30.3 Å². The van der Waals surface area contributed by atoms with Crippen LogP contribution in [-0.2, 0) is 22.5 Å². The molecule has 0 atom stereocenters. The van der Waals surface area contributed by atoms with Crippen LogP contribution in [-0.4, -0.2) is 72.7 Å². The lowest BCUT2D eigenvalue weighted by molar-refractivity contribution is -0.119. The van der Waals surface area contributed by atoms with E-state index in [1.54, 1.807) is 24.1 Å². The van der Waals surface area contributed by atoms with Crippen LogP contribution >= 0.6 is 23.2 Å². The van der Waals surface area contributed by atoms with E-state index >= 15 is 0 Å². The molecule has 0 unspecified atom stereocenters. The van der Waals surface area contributed by atoms with Crippen molar-refractivity contribution in [2.75, 3.05) is 51.3 Å². The molecule has 9 nitrogen and oxygen atoms in total. The number of amides is 2. The third kappa shape index (κ3) is 6.80. The highest BCUT2D eigenvalue weighted by molar-refractivity contribution is 6.42. The number of aromatic nitrogens is 2. The van der Waals surface area contributed by atoms with Crippen LogP contribution in [0.3, 0.4) is 0 Å². The normalized spacial score (nSPS) is 13.7. The molecule has 2 amide bonds. The van der Waals surface area contributed by atoms with Gasteiger partial charge in [-0.05, 0) is 42.3 Å². The molecule has 4 rings (SSSR count). The fraction of sp³-hybridized carbons (Fsp3) is 0.385. The van der Waals surface area contributed by atoms with E-state index in [0.29, 0.717) is 66.7 Å². The standard InChI is InChI=1S/C26H29Cl2N5O4/c1-37-13-8-29-26(36)32-11-9-31(10-12-32)19-4-7-24-21(15-19)25(35)33(17-30-24)16-20(34)5-2-18-3-6-22(27)23(28)14-18/h3-4,6-7,14-15,17H,2,5,8-13,16H2,1H3,(H,29,36). The summed E-state index contributed by atoms with van der Waals surface area (Å²) in [5, 5.41) is 4.21. The molecule has 0 aliphatic carbocycles. The number of halogens is 2. The first-order chi connectivity index (χ1) is 17.9. The maximum atomic E-state index is 13.2. The van der Waals surface area contributed by atoms with Gasteiger partial charge in [-0.3, -0.25) is 14.2 Å². The number of fused-ring (bicyclic) bond motifs is 1. The number of hydrogen-bond acceptors (Lipinski definition) is 6. The molecular formula is C26H29Cl2N5O4. The lowest BCUT2D eigenvalue weighted by Crippen LogP contribution is -2.52. The number of carbonyl (C=O) groups is 2. The van der Waals surface area contributed by atoms with E-state index < -0.39 is 0 Å². The molecular weight excluding hydrogens is 517 g/mol. The zero-order valence-corrected chi connectivity index (χ0v) is 22.1. The van der Waals surface area contributed by atoms with Gasteiger partial charge in [0, 0.05) is 51.9 Å². The molecule has 0 radical (unpaired) electrons. The smallest absolute Gasteiger partial charge is 0.317 e. The summed E-state index contributed by atoms with van der Waals surface area (Å²) < 4.78 is 6.32. The number of rotatable bonds is 9. The molecule has 1 aliphatic heterocycles. The van der Waals surface area contributed by atoms with Gasteiger partial charge in [0.2, 0.25) is 0 Å². The minimum absolute atomic E-state index is 0.0514. The largest absolute Gasteiger partial charge is 0.383 e. The lowest BCUT2D eigenvalue weighted by Gasteiger charge is -2.36. The van der Waals surface area contributed by atoms with Gasteiger partial charge in [-0.15, -0.1) is 0 Å². The number of ether oxygens (including phenoxy) is 1. The Morgan fingerprint density at radius 1 is 1.05 bits per heavy atom. The first-order valence-corrected chi connectivity index (χ1v) is 12.8. The number of piperazine rings is 1. The maximum absolute atomic E-state index is 13.2. The Bertz CT molecular complexity index is 1340. The Kier molecular flexibility index (Phi) is 9.02. The van der Waals surface area contributed by atoms with Crippen molar-refractivity contribution in [2.45, 2.75) is 19.4 Å². The van der Waals surface area contributed by atoms with Crippen molar-refractivity contribution >= 4 is 51.6 Å². The molecule has 1 aromatic heterocycles. The Morgan fingerprint density at radius 2 is 1.84 bits per heavy atom. The number of methoxy groups -OCH3 is 1. The fourth-order valence-corrected chi connectivity index (χ4v) is 4.56. The van der Waals surface area contributed by atoms with Gasteiger partial charge < -0.3 is 19.9 Å². The number of aryl methyl sites for hydroxylation is 1. The van der Waals surface area contributed by atoms with Crippen molar-refractivity contribution < 1.29 is 14.3 Å². The molecule has 0 saturated carbocycles. The Balaban J connectivity index is 1.39. The van der Waals surface area contributed by atoms with Crippen molar-refractivity contribution in [3.63, 3.8) is 0 Å². The quantitative estimate of drug-likeness (QED) is 0.414. The summed E-state index contributed by atoms with van der Waals surface area (Å²) in [7, 11) is 1.59. The Morgan fingerprint density at radius 3 is 2.57 bits per heavy atom. The first-order valence-electron chi connectivity index (χ1n) is 12.1. The lowest BCUT2D eigenvalue weighted by atomic mass is 10.1. The fourth-order valence-electron chi connectivity index (χ4n) is 4.24. The van der Waals surface area contributed by atoms with Crippen LogP contribution in [0.4, 0.5) is 10.5 Å². The van der Waals surface area contributed by atoms with Crippen molar-refractivity contribution in [2.24, 2.45) is 0 Å². The number of nitrogens with zero attached hydrogens (tertiary/aromatic N) is 4. The third-order valence-corrected chi connectivity index (χ3v) is 7.08. The van der Waals surface area contributed by atoms with E-state index in [9.17, 15) is 14.4 Å². The third-order valence-electron chi connectivity index (χ3n) is 6.35. The molecule has 2 heterocycles. The zero-order chi connectivity index (χ0) is 26.4. The number of benzene rings is 2. The van der Waals surface area contributed by atoms with E-state index in [1.165, 1.54) is 10.9 Å². The summed E-state index contributed by atoms with van der Waals surface area (Å²) >= 11 is 12.0. The number of Topliss-reactive ketones (excluding diaryl/α,β-unsaturated/α-hetero) is 1. The number of urea groups is 1. The van der Waals surface area contributed by atoms with Crippen LogP contribution in [0.1, 0.15) is 12.0 Å². The molecule has 1 saturated heterocycles. The highest BCUT2D eigenvalue weighted by Crippen LogP contribution is 2.23. The van der Waals surface area contributed by atoms with Gasteiger partial charge in [-0.1, -0.05) is 29.3 Å². The zero-order valence-electron chi connectivity index (χ0n) is 20.6. The van der Waals surface area contributed by atoms with Gasteiger partial charge in [0.1, 0.15) is 0 Å². The monoisotopic (exact) mass is 545 g/mol. The summed E-state index contributed by atoms with van der Waals surface area (Å²) in [6, 6.07) is 10.7. The minimum Gasteiger partial charge on any atom is -0.383 e. The number of ketones is 1. The van der Waals surface area contributed by atoms with E-state index in [0.717, 1.165) is 11.3 Å². The second-order valence-electron chi connectivity index (χ2n) is 8.87. The Labute approximate surface area is 224 Å². The summed E-state index contributed by atoms with van der Waals surface area (Å²) in [6.45, 7) is 3.32. The topological polar surface area (TPSA) is 96.8 Å². The molecule has 1 fully saturated rings. The maximum Gasteiger partial charge on any atom is 0.317 e. The molecule has 0 spiro atoms. The molecule has 1 aliphatic rings. The van der Waals surface area contributed by atoms with Gasteiger partial charge in [0.15, 0.2) is 5.78 Å². The molecule has 1 N–H and O–H groups in total. The highest BCUT2D eigenvalue weighted by atomic mass is 35.5. The van der Waals surface area contributed by atoms with Crippen molar-refractivity contribution in [1.82, 2.24) is 19.8 Å². The van der Waals surface area contributed by atoms with Gasteiger partial charge >= 0.3 is 6.03 Å². The van der Waals surface area contributed by atoms with Crippen LogP contribution in [0, 0.1) is 0 Å². The molecule has 2 aromatic carbocycles. The number of nitrogens with one attached hydrogen (secondary N) is 1. The van der Waals surface area contributed by atoms with Crippen LogP contribution in [0.15, 0.2) is 47.5 Å². The number of carbonyl (C=O) groups excluding carboxylic acids is 2.